The van der Waals surface area contributed by atoms with Crippen LogP contribution in [0.2, 0.25) is 0 Å². The maximum Gasteiger partial charge on any atom is 0.0153 e. The Morgan fingerprint density at radius 1 is 1.12 bits per heavy atom. The molecule has 3 rings (SSSR count). The third-order valence-corrected chi connectivity index (χ3v) is 5.16. The Balaban J connectivity index is 1.51. The predicted molar refractivity (Wildman–Crippen MR) is 68.3 cm³/mol. The number of fused-ring (bicyclic) bond motifs is 2. The van der Waals surface area contributed by atoms with E-state index in [4.69, 9.17) is 0 Å². The van der Waals surface area contributed by atoms with Crippen molar-refractivity contribution in [1.82, 2.24) is 5.32 Å². The molecule has 3 aliphatic carbocycles. The zero-order valence-corrected chi connectivity index (χ0v) is 10.5. The zero-order chi connectivity index (χ0) is 11.0. The molecule has 0 aliphatic heterocycles. The van der Waals surface area contributed by atoms with Crippen molar-refractivity contribution in [3.8, 4) is 0 Å². The third kappa shape index (κ3) is 2.07. The minimum atomic E-state index is 0.462. The fraction of sp³-hybridized carbons (Fsp3) is 0.867. The van der Waals surface area contributed by atoms with Crippen LogP contribution in [0.1, 0.15) is 51.9 Å². The molecule has 0 aromatic carbocycles. The second kappa shape index (κ2) is 4.18. The van der Waals surface area contributed by atoms with Gasteiger partial charge in [-0.25, -0.2) is 0 Å². The second-order valence-corrected chi connectivity index (χ2v) is 6.54. The van der Waals surface area contributed by atoms with Crippen molar-refractivity contribution >= 4 is 0 Å². The molecule has 0 amide bonds. The van der Waals surface area contributed by atoms with Gasteiger partial charge in [-0.15, -0.1) is 0 Å². The van der Waals surface area contributed by atoms with E-state index in [1.807, 2.05) is 0 Å². The molecule has 0 aromatic rings. The first kappa shape index (κ1) is 10.8. The van der Waals surface area contributed by atoms with Crippen LogP contribution in [-0.2, 0) is 0 Å². The van der Waals surface area contributed by atoms with Crippen molar-refractivity contribution in [3.05, 3.63) is 12.2 Å². The van der Waals surface area contributed by atoms with E-state index in [0.717, 1.165) is 17.8 Å². The molecule has 1 N–H and O–H groups in total. The minimum Gasteiger partial charge on any atom is -0.311 e. The SMILES string of the molecule is CC1(NCC2CC3C=CC2C3)CCCCC1. The van der Waals surface area contributed by atoms with E-state index in [1.165, 1.54) is 51.5 Å². The zero-order valence-electron chi connectivity index (χ0n) is 10.5. The Bertz CT molecular complexity index is 275. The number of allylic oxidation sites excluding steroid dienone is 2. The maximum absolute atomic E-state index is 3.89. The van der Waals surface area contributed by atoms with Crippen LogP contribution >= 0.6 is 0 Å². The summed E-state index contributed by atoms with van der Waals surface area (Å²) in [6.07, 6.45) is 14.9. The van der Waals surface area contributed by atoms with Gasteiger partial charge < -0.3 is 5.32 Å². The largest absolute Gasteiger partial charge is 0.311 e. The Morgan fingerprint density at radius 2 is 1.94 bits per heavy atom. The van der Waals surface area contributed by atoms with Crippen molar-refractivity contribution in [3.63, 3.8) is 0 Å². The van der Waals surface area contributed by atoms with Gasteiger partial charge in [0, 0.05) is 5.54 Å². The minimum absolute atomic E-state index is 0.462. The Hall–Kier alpha value is -0.300. The van der Waals surface area contributed by atoms with Crippen molar-refractivity contribution in [2.24, 2.45) is 17.8 Å². The van der Waals surface area contributed by atoms with Crippen LogP contribution < -0.4 is 5.32 Å². The summed E-state index contributed by atoms with van der Waals surface area (Å²) in [5, 5.41) is 3.89. The number of hydrogen-bond donors (Lipinski definition) is 1. The lowest BCUT2D eigenvalue weighted by molar-refractivity contribution is 0.233. The van der Waals surface area contributed by atoms with Gasteiger partial charge in [-0.3, -0.25) is 0 Å². The average molecular weight is 219 g/mol. The van der Waals surface area contributed by atoms with Gasteiger partial charge in [-0.2, -0.15) is 0 Å². The van der Waals surface area contributed by atoms with E-state index < -0.39 is 0 Å². The summed E-state index contributed by atoms with van der Waals surface area (Å²) in [7, 11) is 0. The third-order valence-electron chi connectivity index (χ3n) is 5.16. The van der Waals surface area contributed by atoms with Crippen molar-refractivity contribution in [2.75, 3.05) is 6.54 Å². The second-order valence-electron chi connectivity index (χ2n) is 6.54. The van der Waals surface area contributed by atoms with E-state index in [2.05, 4.69) is 24.4 Å². The van der Waals surface area contributed by atoms with Gasteiger partial charge >= 0.3 is 0 Å². The summed E-state index contributed by atoms with van der Waals surface area (Å²) in [4.78, 5) is 0. The van der Waals surface area contributed by atoms with Crippen LogP contribution in [0.25, 0.3) is 0 Å². The molecule has 1 nitrogen and oxygen atoms in total. The summed E-state index contributed by atoms with van der Waals surface area (Å²) >= 11 is 0. The smallest absolute Gasteiger partial charge is 0.0153 e. The van der Waals surface area contributed by atoms with Crippen molar-refractivity contribution in [2.45, 2.75) is 57.4 Å². The van der Waals surface area contributed by atoms with Crippen LogP contribution in [0.15, 0.2) is 12.2 Å². The highest BCUT2D eigenvalue weighted by Gasteiger charge is 2.36. The predicted octanol–water partition coefficient (Wildman–Crippen LogP) is 3.51. The van der Waals surface area contributed by atoms with Gasteiger partial charge in [0.15, 0.2) is 0 Å². The Labute approximate surface area is 99.7 Å². The van der Waals surface area contributed by atoms with Gasteiger partial charge in [-0.05, 0) is 56.9 Å². The van der Waals surface area contributed by atoms with Crippen LogP contribution in [0.4, 0.5) is 0 Å². The maximum atomic E-state index is 3.89. The van der Waals surface area contributed by atoms with E-state index in [9.17, 15) is 0 Å². The van der Waals surface area contributed by atoms with E-state index >= 15 is 0 Å². The molecule has 90 valence electrons. The number of nitrogens with one attached hydrogen (secondary N) is 1. The molecule has 2 fully saturated rings. The quantitative estimate of drug-likeness (QED) is 0.716. The highest BCUT2D eigenvalue weighted by atomic mass is 15.0. The molecular formula is C15H25N. The lowest BCUT2D eigenvalue weighted by Gasteiger charge is -2.36. The van der Waals surface area contributed by atoms with Crippen LogP contribution in [0.3, 0.4) is 0 Å². The molecule has 2 saturated carbocycles. The summed E-state index contributed by atoms with van der Waals surface area (Å²) in [5.74, 6) is 2.77. The van der Waals surface area contributed by atoms with E-state index in [1.54, 1.807) is 0 Å². The molecule has 1 heteroatoms. The molecule has 0 heterocycles. The van der Waals surface area contributed by atoms with Gasteiger partial charge in [0.25, 0.3) is 0 Å². The van der Waals surface area contributed by atoms with E-state index in [-0.39, 0.29) is 0 Å². The number of hydrogen-bond acceptors (Lipinski definition) is 1. The first-order valence-electron chi connectivity index (χ1n) is 7.19. The van der Waals surface area contributed by atoms with Gasteiger partial charge in [0.1, 0.15) is 0 Å². The van der Waals surface area contributed by atoms with E-state index in [0.29, 0.717) is 5.54 Å². The molecule has 2 bridgehead atoms. The fourth-order valence-corrected chi connectivity index (χ4v) is 4.02. The summed E-state index contributed by atoms with van der Waals surface area (Å²) in [5.41, 5.74) is 0.462. The topological polar surface area (TPSA) is 12.0 Å². The standard InChI is InChI=1S/C15H25N/c1-15(7-3-2-4-8-15)16-11-14-10-12-5-6-13(14)9-12/h5-6,12-14,16H,2-4,7-11H2,1H3. The van der Waals surface area contributed by atoms with Gasteiger partial charge in [-0.1, -0.05) is 31.4 Å². The highest BCUT2D eigenvalue weighted by molar-refractivity contribution is 5.10. The lowest BCUT2D eigenvalue weighted by atomic mass is 9.82. The molecule has 0 aromatic heterocycles. The summed E-state index contributed by atoms with van der Waals surface area (Å²) in [6.45, 7) is 3.71. The van der Waals surface area contributed by atoms with Crippen LogP contribution in [-0.4, -0.2) is 12.1 Å². The summed E-state index contributed by atoms with van der Waals surface area (Å²) in [6, 6.07) is 0. The Morgan fingerprint density at radius 3 is 2.56 bits per heavy atom. The first-order chi connectivity index (χ1) is 7.75. The Kier molecular flexibility index (Phi) is 2.83. The van der Waals surface area contributed by atoms with Crippen molar-refractivity contribution in [1.29, 1.82) is 0 Å². The first-order valence-corrected chi connectivity index (χ1v) is 7.19. The van der Waals surface area contributed by atoms with Crippen LogP contribution in [0.5, 0.6) is 0 Å². The summed E-state index contributed by atoms with van der Waals surface area (Å²) < 4.78 is 0. The molecule has 3 atom stereocenters. The van der Waals surface area contributed by atoms with Gasteiger partial charge in [0.05, 0.1) is 0 Å². The molecule has 0 saturated heterocycles. The normalized spacial score (nSPS) is 40.4. The lowest BCUT2D eigenvalue weighted by Crippen LogP contribution is -2.46. The van der Waals surface area contributed by atoms with Gasteiger partial charge in [0.2, 0.25) is 0 Å². The monoisotopic (exact) mass is 219 g/mol. The molecule has 3 aliphatic rings. The molecule has 3 unspecified atom stereocenters. The molecule has 0 radical (unpaired) electrons. The number of rotatable bonds is 3. The fourth-order valence-electron chi connectivity index (χ4n) is 4.02. The van der Waals surface area contributed by atoms with Crippen LogP contribution in [0, 0.1) is 17.8 Å². The molecule has 0 spiro atoms. The average Bonchev–Trinajstić information content (AvgIpc) is 2.89. The highest BCUT2D eigenvalue weighted by Crippen LogP contribution is 2.43. The molecule has 16 heavy (non-hydrogen) atoms. The van der Waals surface area contributed by atoms with Crippen molar-refractivity contribution < 1.29 is 0 Å². The molecular weight excluding hydrogens is 194 g/mol.